The summed E-state index contributed by atoms with van der Waals surface area (Å²) >= 11 is 0. The molecule has 0 fully saturated rings. The number of hydrogen-bond acceptors (Lipinski definition) is 0. The molecule has 0 aromatic carbocycles. The van der Waals surface area contributed by atoms with Crippen molar-refractivity contribution in [2.24, 2.45) is 0 Å². The van der Waals surface area contributed by atoms with Crippen molar-refractivity contribution in [1.29, 1.82) is 0 Å². The van der Waals surface area contributed by atoms with Gasteiger partial charge >= 0.3 is 23.1 Å². The van der Waals surface area contributed by atoms with Crippen LogP contribution >= 0.6 is 0 Å². The van der Waals surface area contributed by atoms with Gasteiger partial charge in [0, 0.05) is 0 Å². The van der Waals surface area contributed by atoms with Crippen molar-refractivity contribution in [3.05, 3.63) is 0 Å². The molecule has 10 heavy (non-hydrogen) atoms. The molecule has 0 atom stereocenters. The van der Waals surface area contributed by atoms with Gasteiger partial charge in [0.25, 0.3) is 0 Å². The minimum Gasteiger partial charge on any atom is -0.237 e. The van der Waals surface area contributed by atoms with Crippen molar-refractivity contribution in [1.82, 2.24) is 0 Å². The average Bonchev–Trinajstić information content (AvgIpc) is 1.89. The van der Waals surface area contributed by atoms with E-state index >= 15 is 0 Å². The van der Waals surface area contributed by atoms with Gasteiger partial charge in [0.05, 0.1) is 6.61 Å². The number of rotatable bonds is 6. The maximum atomic E-state index is 9.96. The number of unbranched alkanes of at least 4 members (excludes halogenated alkanes) is 5. The Morgan fingerprint density at radius 1 is 0.900 bits per heavy atom. The van der Waals surface area contributed by atoms with Gasteiger partial charge in [-0.2, -0.15) is 0 Å². The summed E-state index contributed by atoms with van der Waals surface area (Å²) in [5.74, 6) is 0. The summed E-state index contributed by atoms with van der Waals surface area (Å²) in [5.41, 5.74) is 0. The molecule has 0 aliphatic carbocycles. The van der Waals surface area contributed by atoms with E-state index in [0.29, 0.717) is 0 Å². The van der Waals surface area contributed by atoms with E-state index in [9.17, 15) is 5.11 Å². The molecule has 0 rings (SSSR count). The highest BCUT2D eigenvalue weighted by atomic mass is 24.3. The van der Waals surface area contributed by atoms with E-state index in [1.165, 1.54) is 25.7 Å². The third-order valence-electron chi connectivity index (χ3n) is 1.50. The van der Waals surface area contributed by atoms with Gasteiger partial charge in [-0.3, -0.25) is 0 Å². The van der Waals surface area contributed by atoms with Crippen molar-refractivity contribution < 1.29 is 5.11 Å². The Kier molecular flexibility index (Phi) is 16.5. The van der Waals surface area contributed by atoms with E-state index in [4.69, 9.17) is 0 Å². The second-order valence-electron chi connectivity index (χ2n) is 2.47. The minimum absolute atomic E-state index is 0. The Labute approximate surface area is 80.4 Å². The zero-order valence-corrected chi connectivity index (χ0v) is 6.36. The number of hydrogen-bond donors (Lipinski definition) is 0. The Morgan fingerprint density at radius 3 is 1.90 bits per heavy atom. The first-order valence-corrected chi connectivity index (χ1v) is 4.00. The lowest BCUT2D eigenvalue weighted by Gasteiger charge is -1.95. The third kappa shape index (κ3) is 11.5. The van der Waals surface area contributed by atoms with Crippen LogP contribution in [0.3, 0.4) is 0 Å². The second-order valence-corrected chi connectivity index (χ2v) is 2.47. The molecule has 0 heterocycles. The summed E-state index contributed by atoms with van der Waals surface area (Å²) in [6, 6.07) is 0. The second kappa shape index (κ2) is 12.4. The van der Waals surface area contributed by atoms with Crippen molar-refractivity contribution >= 4 is 23.1 Å². The predicted octanol–water partition coefficient (Wildman–Crippen LogP) is 1.86. The van der Waals surface area contributed by atoms with Crippen LogP contribution in [0.4, 0.5) is 0 Å². The predicted molar refractivity (Wildman–Crippen MR) is 47.5 cm³/mol. The molecule has 0 spiro atoms. The highest BCUT2D eigenvalue weighted by Gasteiger charge is 1.86. The maximum Gasteiger partial charge on any atom is 0.316 e. The molecule has 0 aromatic rings. The smallest absolute Gasteiger partial charge is 0.237 e. The largest absolute Gasteiger partial charge is 0.316 e. The Morgan fingerprint density at radius 2 is 1.40 bits per heavy atom. The molecule has 0 bridgehead atoms. The van der Waals surface area contributed by atoms with Gasteiger partial charge in [-0.15, -0.1) is 0 Å². The molecule has 0 saturated carbocycles. The summed E-state index contributed by atoms with van der Waals surface area (Å²) in [6.45, 7) is 2.32. The van der Waals surface area contributed by atoms with Gasteiger partial charge in [-0.1, -0.05) is 39.0 Å². The fraction of sp³-hybridized carbons (Fsp3) is 1.00. The van der Waals surface area contributed by atoms with Gasteiger partial charge < -0.3 is 0 Å². The summed E-state index contributed by atoms with van der Waals surface area (Å²) in [5, 5.41) is 9.96. The van der Waals surface area contributed by atoms with Crippen molar-refractivity contribution in [2.75, 3.05) is 6.61 Å². The van der Waals surface area contributed by atoms with E-state index in [2.05, 4.69) is 6.92 Å². The molecule has 0 aromatic heterocycles. The lowest BCUT2D eigenvalue weighted by atomic mass is 10.1. The standard InChI is InChI=1S/C8H17O.Mg.2H/c1-2-3-4-5-6-7-8-9;;;/h2-8H2,1H3;;;. The van der Waals surface area contributed by atoms with Crippen LogP contribution < -0.4 is 0 Å². The van der Waals surface area contributed by atoms with Gasteiger partial charge in [-0.05, 0) is 6.42 Å². The quantitative estimate of drug-likeness (QED) is 0.412. The minimum atomic E-state index is 0. The molecule has 0 amide bonds. The normalized spacial score (nSPS) is 9.00. The first-order valence-electron chi connectivity index (χ1n) is 4.00. The third-order valence-corrected chi connectivity index (χ3v) is 1.50. The molecule has 0 aliphatic rings. The van der Waals surface area contributed by atoms with Crippen LogP contribution in [0.5, 0.6) is 0 Å². The van der Waals surface area contributed by atoms with Crippen LogP contribution in [0.1, 0.15) is 45.4 Å². The fourth-order valence-electron chi connectivity index (χ4n) is 0.882. The van der Waals surface area contributed by atoms with Crippen LogP contribution in [0.2, 0.25) is 0 Å². The molecule has 1 radical (unpaired) electrons. The molecule has 0 N–H and O–H groups in total. The Bertz CT molecular complexity index is 42.5. The molecular formula is C8H19MgO. The summed E-state index contributed by atoms with van der Waals surface area (Å²) < 4.78 is 0. The van der Waals surface area contributed by atoms with Crippen LogP contribution in [-0.4, -0.2) is 29.7 Å². The zero-order valence-electron chi connectivity index (χ0n) is 6.36. The highest BCUT2D eigenvalue weighted by molar-refractivity contribution is 5.75. The Balaban J connectivity index is 0. The van der Waals surface area contributed by atoms with Gasteiger partial charge in [0.1, 0.15) is 0 Å². The van der Waals surface area contributed by atoms with Gasteiger partial charge in [-0.25, -0.2) is 5.11 Å². The summed E-state index contributed by atoms with van der Waals surface area (Å²) in [6.07, 6.45) is 7.22. The van der Waals surface area contributed by atoms with E-state index in [-0.39, 0.29) is 29.7 Å². The molecule has 0 unspecified atom stereocenters. The average molecular weight is 156 g/mol. The SMILES string of the molecule is CCCCCCCC[O].[MgH2]. The molecule has 0 aliphatic heterocycles. The topological polar surface area (TPSA) is 19.9 Å². The highest BCUT2D eigenvalue weighted by Crippen LogP contribution is 2.03. The molecule has 2 heteroatoms. The van der Waals surface area contributed by atoms with Gasteiger partial charge in [0.15, 0.2) is 0 Å². The van der Waals surface area contributed by atoms with Gasteiger partial charge in [0.2, 0.25) is 0 Å². The van der Waals surface area contributed by atoms with E-state index in [1.54, 1.807) is 0 Å². The lowest BCUT2D eigenvalue weighted by Crippen LogP contribution is -1.81. The van der Waals surface area contributed by atoms with E-state index in [1.807, 2.05) is 0 Å². The molecule has 1 nitrogen and oxygen atoms in total. The molecule has 0 saturated heterocycles. The van der Waals surface area contributed by atoms with Crippen LogP contribution in [0.25, 0.3) is 0 Å². The lowest BCUT2D eigenvalue weighted by molar-refractivity contribution is 0.186. The fourth-order valence-corrected chi connectivity index (χ4v) is 0.882. The summed E-state index contributed by atoms with van der Waals surface area (Å²) in [4.78, 5) is 0. The maximum absolute atomic E-state index is 9.96. The monoisotopic (exact) mass is 155 g/mol. The van der Waals surface area contributed by atoms with Crippen molar-refractivity contribution in [3.8, 4) is 0 Å². The molecular weight excluding hydrogens is 136 g/mol. The van der Waals surface area contributed by atoms with Crippen LogP contribution in [-0.2, 0) is 5.11 Å². The first-order chi connectivity index (χ1) is 4.41. The van der Waals surface area contributed by atoms with Crippen LogP contribution in [0, 0.1) is 0 Å². The molecule has 59 valence electrons. The van der Waals surface area contributed by atoms with Crippen molar-refractivity contribution in [2.45, 2.75) is 45.4 Å². The zero-order chi connectivity index (χ0) is 6.95. The first kappa shape index (κ1) is 13.3. The Hall–Kier alpha value is 0.726. The van der Waals surface area contributed by atoms with Crippen LogP contribution in [0.15, 0.2) is 0 Å². The van der Waals surface area contributed by atoms with E-state index < -0.39 is 0 Å². The van der Waals surface area contributed by atoms with Crippen molar-refractivity contribution in [3.63, 3.8) is 0 Å². The van der Waals surface area contributed by atoms with E-state index in [0.717, 1.165) is 12.8 Å². The summed E-state index contributed by atoms with van der Waals surface area (Å²) in [7, 11) is 0.